The molecular formula is C10H12O. The maximum atomic E-state index is 5.21. The predicted molar refractivity (Wildman–Crippen MR) is 47.3 cm³/mol. The topological polar surface area (TPSA) is 13.1 Å². The van der Waals surface area contributed by atoms with Crippen LogP contribution < -0.4 is 0 Å². The van der Waals surface area contributed by atoms with Gasteiger partial charge in [-0.05, 0) is 37.1 Å². The first-order valence-corrected chi connectivity index (χ1v) is 3.58. The van der Waals surface area contributed by atoms with Gasteiger partial charge >= 0.3 is 0 Å². The molecule has 0 aliphatic carbocycles. The van der Waals surface area contributed by atoms with Crippen LogP contribution in [0.2, 0.25) is 0 Å². The normalized spacial score (nSPS) is 11.6. The average Bonchev–Trinajstić information content (AvgIpc) is 2.35. The average molecular weight is 148 g/mol. The van der Waals surface area contributed by atoms with E-state index in [9.17, 15) is 0 Å². The van der Waals surface area contributed by atoms with Crippen molar-refractivity contribution in [3.63, 3.8) is 0 Å². The molecule has 58 valence electrons. The SMILES string of the molecule is C=CC(C)=Cc1cc(C)co1. The van der Waals surface area contributed by atoms with Crippen LogP contribution in [0.3, 0.4) is 0 Å². The van der Waals surface area contributed by atoms with E-state index in [1.165, 1.54) is 0 Å². The highest BCUT2D eigenvalue weighted by Gasteiger charge is 1.92. The summed E-state index contributed by atoms with van der Waals surface area (Å²) in [7, 11) is 0. The zero-order valence-corrected chi connectivity index (χ0v) is 6.92. The Balaban J connectivity index is 2.86. The van der Waals surface area contributed by atoms with Crippen molar-refractivity contribution in [2.75, 3.05) is 0 Å². The number of allylic oxidation sites excluding steroid dienone is 2. The van der Waals surface area contributed by atoms with Crippen molar-refractivity contribution in [2.24, 2.45) is 0 Å². The Kier molecular flexibility index (Phi) is 2.32. The monoisotopic (exact) mass is 148 g/mol. The van der Waals surface area contributed by atoms with Gasteiger partial charge in [0.1, 0.15) is 5.76 Å². The first-order chi connectivity index (χ1) is 5.22. The minimum Gasteiger partial charge on any atom is -0.465 e. The third kappa shape index (κ3) is 2.11. The lowest BCUT2D eigenvalue weighted by Crippen LogP contribution is -1.66. The zero-order valence-electron chi connectivity index (χ0n) is 6.92. The van der Waals surface area contributed by atoms with Gasteiger partial charge in [0.2, 0.25) is 0 Å². The number of rotatable bonds is 2. The lowest BCUT2D eigenvalue weighted by Gasteiger charge is -1.86. The Hall–Kier alpha value is -1.24. The summed E-state index contributed by atoms with van der Waals surface area (Å²) in [5.41, 5.74) is 2.26. The lowest BCUT2D eigenvalue weighted by atomic mass is 10.2. The largest absolute Gasteiger partial charge is 0.465 e. The van der Waals surface area contributed by atoms with Gasteiger partial charge in [0, 0.05) is 0 Å². The van der Waals surface area contributed by atoms with Gasteiger partial charge in [-0.25, -0.2) is 0 Å². The van der Waals surface area contributed by atoms with Gasteiger partial charge in [0.15, 0.2) is 0 Å². The molecule has 0 saturated heterocycles. The summed E-state index contributed by atoms with van der Waals surface area (Å²) >= 11 is 0. The van der Waals surface area contributed by atoms with Gasteiger partial charge in [-0.3, -0.25) is 0 Å². The molecule has 0 bridgehead atoms. The molecule has 0 spiro atoms. The summed E-state index contributed by atoms with van der Waals surface area (Å²) in [6, 6.07) is 1.99. The molecule has 1 heteroatoms. The molecule has 1 rings (SSSR count). The van der Waals surface area contributed by atoms with Crippen molar-refractivity contribution in [2.45, 2.75) is 13.8 Å². The summed E-state index contributed by atoms with van der Waals surface area (Å²) in [6.45, 7) is 7.65. The van der Waals surface area contributed by atoms with E-state index in [0.29, 0.717) is 0 Å². The van der Waals surface area contributed by atoms with E-state index >= 15 is 0 Å². The molecule has 1 aromatic heterocycles. The minimum atomic E-state index is 0.889. The second-order valence-electron chi connectivity index (χ2n) is 2.62. The van der Waals surface area contributed by atoms with Crippen molar-refractivity contribution < 1.29 is 4.42 Å². The summed E-state index contributed by atoms with van der Waals surface area (Å²) in [4.78, 5) is 0. The molecule has 0 saturated carbocycles. The van der Waals surface area contributed by atoms with E-state index in [4.69, 9.17) is 4.42 Å². The third-order valence-corrected chi connectivity index (χ3v) is 1.44. The van der Waals surface area contributed by atoms with E-state index < -0.39 is 0 Å². The molecule has 0 N–H and O–H groups in total. The lowest BCUT2D eigenvalue weighted by molar-refractivity contribution is 0.555. The van der Waals surface area contributed by atoms with Crippen LogP contribution in [-0.4, -0.2) is 0 Å². The highest BCUT2D eigenvalue weighted by Crippen LogP contribution is 2.10. The van der Waals surface area contributed by atoms with Gasteiger partial charge < -0.3 is 4.42 Å². The van der Waals surface area contributed by atoms with Crippen LogP contribution in [0.4, 0.5) is 0 Å². The fourth-order valence-electron chi connectivity index (χ4n) is 0.812. The number of furan rings is 1. The maximum absolute atomic E-state index is 5.21. The molecule has 1 heterocycles. The maximum Gasteiger partial charge on any atom is 0.127 e. The summed E-state index contributed by atoms with van der Waals surface area (Å²) in [6.07, 6.45) is 5.50. The van der Waals surface area contributed by atoms with Crippen LogP contribution in [-0.2, 0) is 0 Å². The Labute approximate surface area is 67.0 Å². The first-order valence-electron chi connectivity index (χ1n) is 3.58. The molecule has 0 aromatic carbocycles. The summed E-state index contributed by atoms with van der Waals surface area (Å²) in [5.74, 6) is 0.889. The Morgan fingerprint density at radius 2 is 2.36 bits per heavy atom. The van der Waals surface area contributed by atoms with E-state index in [2.05, 4.69) is 6.58 Å². The fraction of sp³-hybridized carbons (Fsp3) is 0.200. The number of hydrogen-bond acceptors (Lipinski definition) is 1. The second-order valence-corrected chi connectivity index (χ2v) is 2.62. The molecule has 0 amide bonds. The van der Waals surface area contributed by atoms with Crippen molar-refractivity contribution in [1.82, 2.24) is 0 Å². The van der Waals surface area contributed by atoms with Crippen LogP contribution in [0.15, 0.2) is 35.0 Å². The third-order valence-electron chi connectivity index (χ3n) is 1.44. The van der Waals surface area contributed by atoms with Crippen molar-refractivity contribution in [1.29, 1.82) is 0 Å². The number of hydrogen-bond donors (Lipinski definition) is 0. The van der Waals surface area contributed by atoms with Gasteiger partial charge in [-0.15, -0.1) is 0 Å². The van der Waals surface area contributed by atoms with Crippen LogP contribution in [0.25, 0.3) is 6.08 Å². The standard InChI is InChI=1S/C10H12O/c1-4-8(2)5-10-6-9(3)7-11-10/h4-7H,1H2,2-3H3. The van der Waals surface area contributed by atoms with E-state index in [1.54, 1.807) is 12.3 Å². The Bertz CT molecular complexity index is 279. The van der Waals surface area contributed by atoms with Crippen LogP contribution in [0.5, 0.6) is 0 Å². The first kappa shape index (κ1) is 7.86. The Morgan fingerprint density at radius 3 is 2.82 bits per heavy atom. The summed E-state index contributed by atoms with van der Waals surface area (Å²) < 4.78 is 5.21. The molecule has 0 aliphatic rings. The second kappa shape index (κ2) is 3.24. The quantitative estimate of drug-likeness (QED) is 0.587. The highest BCUT2D eigenvalue weighted by atomic mass is 16.3. The molecular weight excluding hydrogens is 136 g/mol. The zero-order chi connectivity index (χ0) is 8.27. The van der Waals surface area contributed by atoms with Crippen molar-refractivity contribution in [3.05, 3.63) is 41.9 Å². The van der Waals surface area contributed by atoms with E-state index in [-0.39, 0.29) is 0 Å². The van der Waals surface area contributed by atoms with Gasteiger partial charge in [0.25, 0.3) is 0 Å². The van der Waals surface area contributed by atoms with Gasteiger partial charge in [-0.1, -0.05) is 12.7 Å². The van der Waals surface area contributed by atoms with Crippen molar-refractivity contribution >= 4 is 6.08 Å². The minimum absolute atomic E-state index is 0.889. The molecule has 0 aliphatic heterocycles. The fourth-order valence-corrected chi connectivity index (χ4v) is 0.812. The van der Waals surface area contributed by atoms with E-state index in [1.807, 2.05) is 26.0 Å². The van der Waals surface area contributed by atoms with Crippen molar-refractivity contribution in [3.8, 4) is 0 Å². The van der Waals surface area contributed by atoms with E-state index in [0.717, 1.165) is 16.9 Å². The summed E-state index contributed by atoms with van der Waals surface area (Å²) in [5, 5.41) is 0. The molecule has 0 fully saturated rings. The van der Waals surface area contributed by atoms with Gasteiger partial charge in [0.05, 0.1) is 6.26 Å². The van der Waals surface area contributed by atoms with Gasteiger partial charge in [-0.2, -0.15) is 0 Å². The molecule has 1 aromatic rings. The molecule has 0 unspecified atom stereocenters. The van der Waals surface area contributed by atoms with Crippen LogP contribution in [0, 0.1) is 6.92 Å². The van der Waals surface area contributed by atoms with Crippen LogP contribution in [0.1, 0.15) is 18.2 Å². The van der Waals surface area contributed by atoms with Crippen LogP contribution >= 0.6 is 0 Å². The molecule has 1 nitrogen and oxygen atoms in total. The number of aryl methyl sites for hydroxylation is 1. The molecule has 11 heavy (non-hydrogen) atoms. The predicted octanol–water partition coefficient (Wildman–Crippen LogP) is 3.18. The smallest absolute Gasteiger partial charge is 0.127 e. The highest BCUT2D eigenvalue weighted by molar-refractivity contribution is 5.50. The molecule has 0 radical (unpaired) electrons. The Morgan fingerprint density at radius 1 is 1.64 bits per heavy atom. The molecule has 0 atom stereocenters.